The van der Waals surface area contributed by atoms with Gasteiger partial charge in [0.05, 0.1) is 5.60 Å². The zero-order chi connectivity index (χ0) is 15.9. The summed E-state index contributed by atoms with van der Waals surface area (Å²) in [5, 5.41) is 11.1. The van der Waals surface area contributed by atoms with Crippen molar-refractivity contribution in [3.63, 3.8) is 0 Å². The zero-order valence-corrected chi connectivity index (χ0v) is 15.1. The monoisotopic (exact) mass is 292 g/mol. The zero-order valence-electron chi connectivity index (χ0n) is 15.1. The van der Waals surface area contributed by atoms with E-state index in [-0.39, 0.29) is 0 Å². The third-order valence-corrected chi connectivity index (χ3v) is 7.08. The van der Waals surface area contributed by atoms with Crippen molar-refractivity contribution in [3.05, 3.63) is 11.6 Å². The molecule has 0 bridgehead atoms. The van der Waals surface area contributed by atoms with Crippen LogP contribution < -0.4 is 0 Å². The van der Waals surface area contributed by atoms with Crippen LogP contribution in [0.1, 0.15) is 86.5 Å². The molecule has 2 aliphatic rings. The van der Waals surface area contributed by atoms with Crippen LogP contribution in [0.3, 0.4) is 0 Å². The SMILES string of the molecule is C/C=C(/C)CC[C@@H]1C(C)(O)CCC2C(C)(C)CCC[C@]21C. The lowest BCUT2D eigenvalue weighted by Crippen LogP contribution is -2.57. The molecule has 0 saturated heterocycles. The summed E-state index contributed by atoms with van der Waals surface area (Å²) >= 11 is 0. The lowest BCUT2D eigenvalue weighted by Gasteiger charge is -2.61. The minimum atomic E-state index is -0.479. The molecule has 0 heterocycles. The second-order valence-electron chi connectivity index (χ2n) is 9.02. The van der Waals surface area contributed by atoms with Gasteiger partial charge in [-0.2, -0.15) is 0 Å². The molecule has 0 spiro atoms. The average molecular weight is 293 g/mol. The van der Waals surface area contributed by atoms with E-state index in [0.717, 1.165) is 25.2 Å². The van der Waals surface area contributed by atoms with Gasteiger partial charge < -0.3 is 5.11 Å². The fourth-order valence-electron chi connectivity index (χ4n) is 5.78. The first-order chi connectivity index (χ1) is 9.63. The first-order valence-corrected chi connectivity index (χ1v) is 8.98. The van der Waals surface area contributed by atoms with Crippen LogP contribution in [0.15, 0.2) is 11.6 Å². The standard InChI is InChI=1S/C20H36O/c1-7-15(2)9-10-17-19(5)13-8-12-18(3,4)16(19)11-14-20(17,6)21/h7,16-17,21H,8-14H2,1-6H3/b15-7-/t16?,17-,19+,20?/m0/s1. The Labute approximate surface area is 132 Å². The Balaban J connectivity index is 2.28. The molecule has 2 aliphatic carbocycles. The Bertz CT molecular complexity index is 404. The van der Waals surface area contributed by atoms with Crippen LogP contribution in [-0.4, -0.2) is 10.7 Å². The molecule has 1 heteroatoms. The van der Waals surface area contributed by atoms with Gasteiger partial charge in [-0.25, -0.2) is 0 Å². The number of fused-ring (bicyclic) bond motifs is 1. The van der Waals surface area contributed by atoms with Crippen molar-refractivity contribution in [3.8, 4) is 0 Å². The van der Waals surface area contributed by atoms with Crippen LogP contribution in [-0.2, 0) is 0 Å². The fourth-order valence-corrected chi connectivity index (χ4v) is 5.78. The first-order valence-electron chi connectivity index (χ1n) is 8.98. The highest BCUT2D eigenvalue weighted by molar-refractivity contribution is 5.08. The Morgan fingerprint density at radius 2 is 1.81 bits per heavy atom. The highest BCUT2D eigenvalue weighted by Gasteiger charge is 2.57. The summed E-state index contributed by atoms with van der Waals surface area (Å²) in [6.07, 6.45) is 10.7. The van der Waals surface area contributed by atoms with Crippen LogP contribution >= 0.6 is 0 Å². The van der Waals surface area contributed by atoms with Gasteiger partial charge in [0.2, 0.25) is 0 Å². The van der Waals surface area contributed by atoms with Gasteiger partial charge in [-0.3, -0.25) is 0 Å². The molecule has 4 atom stereocenters. The molecule has 1 N–H and O–H groups in total. The molecule has 2 saturated carbocycles. The lowest BCUT2D eigenvalue weighted by molar-refractivity contribution is -0.168. The molecular formula is C20H36O. The van der Waals surface area contributed by atoms with Crippen LogP contribution in [0.4, 0.5) is 0 Å². The fraction of sp³-hybridized carbons (Fsp3) is 0.900. The van der Waals surface area contributed by atoms with Crippen LogP contribution in [0.25, 0.3) is 0 Å². The van der Waals surface area contributed by atoms with Crippen LogP contribution in [0, 0.1) is 22.7 Å². The first kappa shape index (κ1) is 17.1. The molecule has 0 aromatic carbocycles. The van der Waals surface area contributed by atoms with Crippen LogP contribution in [0.5, 0.6) is 0 Å². The molecular weight excluding hydrogens is 256 g/mol. The lowest BCUT2D eigenvalue weighted by atomic mass is 9.45. The summed E-state index contributed by atoms with van der Waals surface area (Å²) in [6, 6.07) is 0. The van der Waals surface area contributed by atoms with Gasteiger partial charge in [-0.1, -0.05) is 38.8 Å². The van der Waals surface area contributed by atoms with E-state index in [1.165, 1.54) is 31.3 Å². The predicted molar refractivity (Wildman–Crippen MR) is 91.2 cm³/mol. The Morgan fingerprint density at radius 3 is 2.43 bits per heavy atom. The smallest absolute Gasteiger partial charge is 0.0653 e. The van der Waals surface area contributed by atoms with Gasteiger partial charge in [-0.15, -0.1) is 0 Å². The molecule has 122 valence electrons. The minimum absolute atomic E-state index is 0.317. The Kier molecular flexibility index (Phi) is 4.65. The van der Waals surface area contributed by atoms with E-state index in [0.29, 0.717) is 16.7 Å². The molecule has 0 amide bonds. The summed E-state index contributed by atoms with van der Waals surface area (Å²) in [6.45, 7) is 13.9. The van der Waals surface area contributed by atoms with Crippen molar-refractivity contribution in [2.45, 2.75) is 92.1 Å². The highest BCUT2D eigenvalue weighted by atomic mass is 16.3. The number of hydrogen-bond donors (Lipinski definition) is 1. The predicted octanol–water partition coefficient (Wildman–Crippen LogP) is 5.73. The van der Waals surface area contributed by atoms with Crippen molar-refractivity contribution in [1.29, 1.82) is 0 Å². The summed E-state index contributed by atoms with van der Waals surface area (Å²) in [7, 11) is 0. The Hall–Kier alpha value is -0.300. The van der Waals surface area contributed by atoms with Gasteiger partial charge in [0.15, 0.2) is 0 Å². The normalized spacial score (nSPS) is 43.5. The third-order valence-electron chi connectivity index (χ3n) is 7.08. The molecule has 2 rings (SSSR count). The molecule has 2 fully saturated rings. The van der Waals surface area contributed by atoms with E-state index in [1.54, 1.807) is 0 Å². The van der Waals surface area contributed by atoms with Crippen LogP contribution in [0.2, 0.25) is 0 Å². The maximum atomic E-state index is 11.1. The van der Waals surface area contributed by atoms with Gasteiger partial charge in [-0.05, 0) is 82.0 Å². The molecule has 0 aromatic rings. The maximum absolute atomic E-state index is 11.1. The molecule has 21 heavy (non-hydrogen) atoms. The van der Waals surface area contributed by atoms with Crippen molar-refractivity contribution in [2.24, 2.45) is 22.7 Å². The van der Waals surface area contributed by atoms with Gasteiger partial charge in [0.1, 0.15) is 0 Å². The number of allylic oxidation sites excluding steroid dienone is 2. The van der Waals surface area contributed by atoms with Gasteiger partial charge >= 0.3 is 0 Å². The summed E-state index contributed by atoms with van der Waals surface area (Å²) in [5.41, 5.74) is 1.74. The van der Waals surface area contributed by atoms with Crippen molar-refractivity contribution in [1.82, 2.24) is 0 Å². The topological polar surface area (TPSA) is 20.2 Å². The Morgan fingerprint density at radius 1 is 1.14 bits per heavy atom. The van der Waals surface area contributed by atoms with Crippen molar-refractivity contribution in [2.75, 3.05) is 0 Å². The van der Waals surface area contributed by atoms with E-state index in [4.69, 9.17) is 0 Å². The second-order valence-corrected chi connectivity index (χ2v) is 9.02. The molecule has 2 unspecified atom stereocenters. The molecule has 1 nitrogen and oxygen atoms in total. The van der Waals surface area contributed by atoms with E-state index >= 15 is 0 Å². The number of aliphatic hydroxyl groups is 1. The second kappa shape index (κ2) is 5.72. The van der Waals surface area contributed by atoms with E-state index in [9.17, 15) is 5.11 Å². The van der Waals surface area contributed by atoms with Gasteiger partial charge in [0.25, 0.3) is 0 Å². The highest BCUT2D eigenvalue weighted by Crippen LogP contribution is 2.62. The van der Waals surface area contributed by atoms with E-state index in [1.807, 2.05) is 0 Å². The summed E-state index contributed by atoms with van der Waals surface area (Å²) < 4.78 is 0. The van der Waals surface area contributed by atoms with Crippen molar-refractivity contribution >= 4 is 0 Å². The van der Waals surface area contributed by atoms with Gasteiger partial charge in [0, 0.05) is 0 Å². The summed E-state index contributed by atoms with van der Waals surface area (Å²) in [4.78, 5) is 0. The minimum Gasteiger partial charge on any atom is -0.390 e. The number of hydrogen-bond acceptors (Lipinski definition) is 1. The van der Waals surface area contributed by atoms with E-state index in [2.05, 4.69) is 47.6 Å². The summed E-state index contributed by atoms with van der Waals surface area (Å²) in [5.74, 6) is 1.22. The number of rotatable bonds is 3. The third kappa shape index (κ3) is 3.09. The quantitative estimate of drug-likeness (QED) is 0.659. The van der Waals surface area contributed by atoms with E-state index < -0.39 is 5.60 Å². The molecule has 0 aliphatic heterocycles. The maximum Gasteiger partial charge on any atom is 0.0653 e. The molecule has 0 radical (unpaired) electrons. The largest absolute Gasteiger partial charge is 0.390 e. The molecule has 0 aromatic heterocycles. The average Bonchev–Trinajstić information content (AvgIpc) is 2.35. The van der Waals surface area contributed by atoms with Crippen molar-refractivity contribution < 1.29 is 5.11 Å².